The number of hydrogen-bond donors (Lipinski definition) is 2. The summed E-state index contributed by atoms with van der Waals surface area (Å²) in [6.07, 6.45) is 4.25. The highest BCUT2D eigenvalue weighted by atomic mass is 16.5. The van der Waals surface area contributed by atoms with Crippen molar-refractivity contribution >= 4 is 17.7 Å². The van der Waals surface area contributed by atoms with E-state index in [1.54, 1.807) is 6.08 Å². The van der Waals surface area contributed by atoms with E-state index in [1.807, 2.05) is 39.0 Å². The monoisotopic (exact) mass is 304 g/mol. The number of anilines is 1. The Bertz CT molecular complexity index is 528. The lowest BCUT2D eigenvalue weighted by Crippen LogP contribution is -2.39. The van der Waals surface area contributed by atoms with Gasteiger partial charge in [0.05, 0.1) is 12.3 Å². The maximum atomic E-state index is 11.7. The van der Waals surface area contributed by atoms with Crippen LogP contribution < -0.4 is 15.8 Å². The van der Waals surface area contributed by atoms with Crippen LogP contribution in [0.15, 0.2) is 24.3 Å². The second-order valence-electron chi connectivity index (χ2n) is 6.90. The Kier molecular flexibility index (Phi) is 6.47. The zero-order valence-electron chi connectivity index (χ0n) is 14.3. The summed E-state index contributed by atoms with van der Waals surface area (Å²) in [6, 6.07) is 5.55. The molecule has 0 bridgehead atoms. The number of amides is 1. The molecule has 122 valence electrons. The number of carbonyl (C=O) groups excluding carboxylic acids is 1. The van der Waals surface area contributed by atoms with E-state index < -0.39 is 0 Å². The SMILES string of the molecule is CC(C)CCOc1ccc(/C=C\C(=O)NC(C)(C)C)cc1N. The molecule has 4 heteroatoms. The normalized spacial score (nSPS) is 11.9. The Hall–Kier alpha value is -1.97. The van der Waals surface area contributed by atoms with Crippen LogP contribution >= 0.6 is 0 Å². The molecule has 0 radical (unpaired) electrons. The van der Waals surface area contributed by atoms with Crippen LogP contribution in [-0.2, 0) is 4.79 Å². The summed E-state index contributed by atoms with van der Waals surface area (Å²) in [4.78, 5) is 11.7. The molecule has 0 aliphatic carbocycles. The van der Waals surface area contributed by atoms with Gasteiger partial charge in [-0.2, -0.15) is 0 Å². The van der Waals surface area contributed by atoms with E-state index >= 15 is 0 Å². The number of nitrogens with two attached hydrogens (primary N) is 1. The Morgan fingerprint density at radius 3 is 2.59 bits per heavy atom. The number of rotatable bonds is 6. The van der Waals surface area contributed by atoms with Crippen molar-refractivity contribution in [3.8, 4) is 5.75 Å². The Morgan fingerprint density at radius 2 is 2.05 bits per heavy atom. The molecule has 0 saturated carbocycles. The highest BCUT2D eigenvalue weighted by molar-refractivity contribution is 5.92. The molecule has 1 aromatic carbocycles. The summed E-state index contributed by atoms with van der Waals surface area (Å²) >= 11 is 0. The molecule has 1 amide bonds. The second-order valence-corrected chi connectivity index (χ2v) is 6.90. The molecule has 4 nitrogen and oxygen atoms in total. The minimum atomic E-state index is -0.242. The predicted molar refractivity (Wildman–Crippen MR) is 92.7 cm³/mol. The minimum absolute atomic E-state index is 0.122. The summed E-state index contributed by atoms with van der Waals surface area (Å²) < 4.78 is 5.67. The first kappa shape index (κ1) is 18.1. The molecule has 0 unspecified atom stereocenters. The summed E-state index contributed by atoms with van der Waals surface area (Å²) in [5, 5.41) is 2.87. The van der Waals surface area contributed by atoms with Crippen molar-refractivity contribution in [3.05, 3.63) is 29.8 Å². The van der Waals surface area contributed by atoms with Gasteiger partial charge in [-0.25, -0.2) is 0 Å². The number of ether oxygens (including phenoxy) is 1. The van der Waals surface area contributed by atoms with Gasteiger partial charge in [-0.1, -0.05) is 19.9 Å². The quantitative estimate of drug-likeness (QED) is 0.623. The molecule has 0 spiro atoms. The first-order valence-corrected chi connectivity index (χ1v) is 7.70. The summed E-state index contributed by atoms with van der Waals surface area (Å²) in [7, 11) is 0. The van der Waals surface area contributed by atoms with E-state index in [2.05, 4.69) is 19.2 Å². The topological polar surface area (TPSA) is 64.3 Å². The Labute approximate surface area is 133 Å². The molecule has 0 saturated heterocycles. The van der Waals surface area contributed by atoms with E-state index in [0.29, 0.717) is 24.0 Å². The number of nitrogen functional groups attached to an aromatic ring is 1. The third kappa shape index (κ3) is 7.16. The third-order valence-electron chi connectivity index (χ3n) is 2.91. The van der Waals surface area contributed by atoms with Crippen molar-refractivity contribution in [1.29, 1.82) is 0 Å². The van der Waals surface area contributed by atoms with Gasteiger partial charge in [0.2, 0.25) is 5.91 Å². The lowest BCUT2D eigenvalue weighted by Gasteiger charge is -2.18. The van der Waals surface area contributed by atoms with Gasteiger partial charge in [0.15, 0.2) is 0 Å². The summed E-state index contributed by atoms with van der Waals surface area (Å²) in [5.41, 5.74) is 7.20. The molecular formula is C18H28N2O2. The predicted octanol–water partition coefficient (Wildman–Crippen LogP) is 3.62. The molecule has 0 heterocycles. The highest BCUT2D eigenvalue weighted by Gasteiger charge is 2.11. The van der Waals surface area contributed by atoms with Gasteiger partial charge in [0.25, 0.3) is 0 Å². The van der Waals surface area contributed by atoms with Crippen molar-refractivity contribution in [2.45, 2.75) is 46.6 Å². The molecule has 0 fully saturated rings. The smallest absolute Gasteiger partial charge is 0.244 e. The zero-order chi connectivity index (χ0) is 16.8. The maximum absolute atomic E-state index is 11.7. The van der Waals surface area contributed by atoms with Gasteiger partial charge in [0, 0.05) is 11.6 Å². The van der Waals surface area contributed by atoms with Crippen molar-refractivity contribution < 1.29 is 9.53 Å². The number of hydrogen-bond acceptors (Lipinski definition) is 3. The van der Waals surface area contributed by atoms with Gasteiger partial charge >= 0.3 is 0 Å². The van der Waals surface area contributed by atoms with Gasteiger partial charge in [-0.15, -0.1) is 0 Å². The van der Waals surface area contributed by atoms with Crippen molar-refractivity contribution in [3.63, 3.8) is 0 Å². The number of benzene rings is 1. The average Bonchev–Trinajstić information content (AvgIpc) is 2.36. The van der Waals surface area contributed by atoms with Crippen LogP contribution in [0.4, 0.5) is 5.69 Å². The minimum Gasteiger partial charge on any atom is -0.491 e. The molecule has 0 aliphatic rings. The Morgan fingerprint density at radius 1 is 1.36 bits per heavy atom. The molecule has 0 atom stereocenters. The van der Waals surface area contributed by atoms with E-state index in [4.69, 9.17) is 10.5 Å². The fourth-order valence-electron chi connectivity index (χ4n) is 1.79. The van der Waals surface area contributed by atoms with Crippen LogP contribution in [0, 0.1) is 5.92 Å². The zero-order valence-corrected chi connectivity index (χ0v) is 14.3. The van der Waals surface area contributed by atoms with Crippen molar-refractivity contribution in [1.82, 2.24) is 5.32 Å². The molecule has 1 aromatic rings. The fraction of sp³-hybridized carbons (Fsp3) is 0.500. The molecular weight excluding hydrogens is 276 g/mol. The van der Waals surface area contributed by atoms with Crippen LogP contribution in [0.2, 0.25) is 0 Å². The van der Waals surface area contributed by atoms with Crippen LogP contribution in [0.3, 0.4) is 0 Å². The van der Waals surface area contributed by atoms with Gasteiger partial charge in [0.1, 0.15) is 5.75 Å². The van der Waals surface area contributed by atoms with E-state index in [-0.39, 0.29) is 11.4 Å². The van der Waals surface area contributed by atoms with E-state index in [9.17, 15) is 4.79 Å². The van der Waals surface area contributed by atoms with E-state index in [1.165, 1.54) is 6.08 Å². The summed E-state index contributed by atoms with van der Waals surface area (Å²) in [5.74, 6) is 1.17. The van der Waals surface area contributed by atoms with Crippen LogP contribution in [-0.4, -0.2) is 18.1 Å². The van der Waals surface area contributed by atoms with Crippen molar-refractivity contribution in [2.24, 2.45) is 5.92 Å². The number of carbonyl (C=O) groups is 1. The third-order valence-corrected chi connectivity index (χ3v) is 2.91. The molecule has 0 aliphatic heterocycles. The van der Waals surface area contributed by atoms with Crippen LogP contribution in [0.25, 0.3) is 6.08 Å². The molecule has 22 heavy (non-hydrogen) atoms. The lowest BCUT2D eigenvalue weighted by molar-refractivity contribution is -0.117. The Balaban J connectivity index is 2.63. The maximum Gasteiger partial charge on any atom is 0.244 e. The molecule has 1 rings (SSSR count). The van der Waals surface area contributed by atoms with Gasteiger partial charge in [-0.05, 0) is 56.9 Å². The van der Waals surface area contributed by atoms with Crippen LogP contribution in [0.1, 0.15) is 46.6 Å². The summed E-state index contributed by atoms with van der Waals surface area (Å²) in [6.45, 7) is 10.8. The first-order chi connectivity index (χ1) is 10.2. The fourth-order valence-corrected chi connectivity index (χ4v) is 1.79. The lowest BCUT2D eigenvalue weighted by atomic mass is 10.1. The van der Waals surface area contributed by atoms with Crippen molar-refractivity contribution in [2.75, 3.05) is 12.3 Å². The average molecular weight is 304 g/mol. The molecule has 3 N–H and O–H groups in total. The van der Waals surface area contributed by atoms with E-state index in [0.717, 1.165) is 12.0 Å². The second kappa shape index (κ2) is 7.87. The first-order valence-electron chi connectivity index (χ1n) is 7.70. The van der Waals surface area contributed by atoms with Gasteiger partial charge in [-0.3, -0.25) is 4.79 Å². The number of nitrogens with one attached hydrogen (secondary N) is 1. The van der Waals surface area contributed by atoms with Crippen LogP contribution in [0.5, 0.6) is 5.75 Å². The standard InChI is InChI=1S/C18H28N2O2/c1-13(2)10-11-22-16-8-6-14(12-15(16)19)7-9-17(21)20-18(3,4)5/h6-9,12-13H,10-11,19H2,1-5H3,(H,20,21)/b9-7-. The highest BCUT2D eigenvalue weighted by Crippen LogP contribution is 2.23. The van der Waals surface area contributed by atoms with Gasteiger partial charge < -0.3 is 15.8 Å². The largest absolute Gasteiger partial charge is 0.491 e. The molecule has 0 aromatic heterocycles.